The molecule has 0 aromatic carbocycles. The van der Waals surface area contributed by atoms with Gasteiger partial charge < -0.3 is 19.7 Å². The first-order chi connectivity index (χ1) is 9.39. The van der Waals surface area contributed by atoms with E-state index in [0.29, 0.717) is 25.9 Å². The van der Waals surface area contributed by atoms with Gasteiger partial charge in [0.15, 0.2) is 0 Å². The Hall–Kier alpha value is -1.82. The first-order valence-corrected chi connectivity index (χ1v) is 6.78. The Morgan fingerprint density at radius 2 is 2.10 bits per heavy atom. The molecule has 1 aromatic rings. The maximum absolute atomic E-state index is 12.2. The van der Waals surface area contributed by atoms with Gasteiger partial charge in [-0.2, -0.15) is 0 Å². The molecule has 1 unspecified atom stereocenters. The molecule has 0 aliphatic carbocycles. The van der Waals surface area contributed by atoms with E-state index >= 15 is 0 Å². The molecule has 2 heterocycles. The summed E-state index contributed by atoms with van der Waals surface area (Å²) in [5, 5.41) is 19.0. The molecule has 1 saturated heterocycles. The van der Waals surface area contributed by atoms with Crippen molar-refractivity contribution in [2.24, 2.45) is 0 Å². The Bertz CT molecular complexity index is 507. The Kier molecular flexibility index (Phi) is 4.13. The van der Waals surface area contributed by atoms with Gasteiger partial charge in [0.2, 0.25) is 5.91 Å². The third-order valence-electron chi connectivity index (χ3n) is 3.77. The normalized spacial score (nSPS) is 23.4. The first kappa shape index (κ1) is 14.6. The van der Waals surface area contributed by atoms with Crippen molar-refractivity contribution in [1.29, 1.82) is 0 Å². The summed E-state index contributed by atoms with van der Waals surface area (Å²) in [6, 6.07) is 3.09. The van der Waals surface area contributed by atoms with Gasteiger partial charge in [0.1, 0.15) is 12.2 Å². The second kappa shape index (κ2) is 5.66. The summed E-state index contributed by atoms with van der Waals surface area (Å²) in [5.74, 6) is -1.15. The fourth-order valence-electron chi connectivity index (χ4n) is 2.50. The van der Waals surface area contributed by atoms with Crippen molar-refractivity contribution in [2.75, 3.05) is 13.1 Å². The second-order valence-electron chi connectivity index (χ2n) is 5.56. The molecule has 1 aliphatic rings. The standard InChI is InChI=1S/C14H20N2O4/c1-14(20)5-3-8-15(9-6-14)12(17)10-16-7-2-4-11(16)13(18)19/h2,4,7,20H,3,5-6,8-10H2,1H3,(H,18,19). The molecule has 2 rings (SSSR count). The minimum atomic E-state index is -1.04. The number of carbonyl (C=O) groups is 2. The molecule has 1 aromatic heterocycles. The quantitative estimate of drug-likeness (QED) is 0.863. The van der Waals surface area contributed by atoms with Crippen LogP contribution in [0.25, 0.3) is 0 Å². The van der Waals surface area contributed by atoms with Gasteiger partial charge in [0, 0.05) is 19.3 Å². The third-order valence-corrected chi connectivity index (χ3v) is 3.77. The van der Waals surface area contributed by atoms with Crippen molar-refractivity contribution in [3.05, 3.63) is 24.0 Å². The topological polar surface area (TPSA) is 82.8 Å². The summed E-state index contributed by atoms with van der Waals surface area (Å²) in [4.78, 5) is 24.9. The largest absolute Gasteiger partial charge is 0.477 e. The highest BCUT2D eigenvalue weighted by molar-refractivity contribution is 5.86. The van der Waals surface area contributed by atoms with Crippen molar-refractivity contribution in [3.63, 3.8) is 0 Å². The van der Waals surface area contributed by atoms with Crippen LogP contribution in [0.4, 0.5) is 0 Å². The molecule has 1 fully saturated rings. The Morgan fingerprint density at radius 3 is 2.80 bits per heavy atom. The molecule has 0 radical (unpaired) electrons. The number of hydrogen-bond donors (Lipinski definition) is 2. The van der Waals surface area contributed by atoms with Gasteiger partial charge in [0.25, 0.3) is 0 Å². The zero-order valence-corrected chi connectivity index (χ0v) is 11.6. The van der Waals surface area contributed by atoms with Crippen LogP contribution in [0.15, 0.2) is 18.3 Å². The van der Waals surface area contributed by atoms with Crippen LogP contribution in [0.5, 0.6) is 0 Å². The fourth-order valence-corrected chi connectivity index (χ4v) is 2.50. The maximum Gasteiger partial charge on any atom is 0.352 e. The van der Waals surface area contributed by atoms with Crippen LogP contribution in [0.1, 0.15) is 36.7 Å². The smallest absolute Gasteiger partial charge is 0.352 e. The van der Waals surface area contributed by atoms with Gasteiger partial charge in [-0.1, -0.05) is 0 Å². The summed E-state index contributed by atoms with van der Waals surface area (Å²) in [6.45, 7) is 2.93. The van der Waals surface area contributed by atoms with Gasteiger partial charge >= 0.3 is 5.97 Å². The Balaban J connectivity index is 2.01. The van der Waals surface area contributed by atoms with Crippen molar-refractivity contribution in [1.82, 2.24) is 9.47 Å². The Morgan fingerprint density at radius 1 is 1.35 bits per heavy atom. The van der Waals surface area contributed by atoms with Crippen molar-refractivity contribution in [2.45, 2.75) is 38.3 Å². The molecule has 0 bridgehead atoms. The van der Waals surface area contributed by atoms with Crippen LogP contribution in [-0.4, -0.2) is 50.2 Å². The number of carboxylic acid groups (broad SMARTS) is 1. The summed E-state index contributed by atoms with van der Waals surface area (Å²) in [5.41, 5.74) is -0.602. The summed E-state index contributed by atoms with van der Waals surface area (Å²) in [6.07, 6.45) is 3.59. The lowest BCUT2D eigenvalue weighted by atomic mass is 9.98. The van der Waals surface area contributed by atoms with Crippen molar-refractivity contribution >= 4 is 11.9 Å². The SMILES string of the molecule is CC1(O)CCCN(C(=O)Cn2cccc2C(=O)O)CC1. The van der Waals surface area contributed by atoms with Crippen LogP contribution in [0, 0.1) is 0 Å². The molecular formula is C14H20N2O4. The Labute approximate surface area is 117 Å². The molecule has 1 amide bonds. The van der Waals surface area contributed by atoms with E-state index in [2.05, 4.69) is 0 Å². The zero-order valence-electron chi connectivity index (χ0n) is 11.6. The minimum Gasteiger partial charge on any atom is -0.477 e. The molecular weight excluding hydrogens is 260 g/mol. The number of carbonyl (C=O) groups excluding carboxylic acids is 1. The number of aromatic carboxylic acids is 1. The second-order valence-corrected chi connectivity index (χ2v) is 5.56. The van der Waals surface area contributed by atoms with E-state index in [0.717, 1.165) is 6.42 Å². The monoisotopic (exact) mass is 280 g/mol. The molecule has 20 heavy (non-hydrogen) atoms. The highest BCUT2D eigenvalue weighted by atomic mass is 16.4. The van der Waals surface area contributed by atoms with E-state index in [1.165, 1.54) is 10.6 Å². The molecule has 6 heteroatoms. The van der Waals surface area contributed by atoms with Crippen LogP contribution < -0.4 is 0 Å². The molecule has 1 aliphatic heterocycles. The predicted molar refractivity (Wildman–Crippen MR) is 72.4 cm³/mol. The minimum absolute atomic E-state index is 0.0246. The number of rotatable bonds is 3. The number of carboxylic acids is 1. The van der Waals surface area contributed by atoms with Crippen LogP contribution in [-0.2, 0) is 11.3 Å². The van der Waals surface area contributed by atoms with Gasteiger partial charge in [-0.3, -0.25) is 4.79 Å². The number of aliphatic hydroxyl groups is 1. The number of hydrogen-bond acceptors (Lipinski definition) is 3. The maximum atomic E-state index is 12.2. The molecule has 2 N–H and O–H groups in total. The van der Waals surface area contributed by atoms with Crippen LogP contribution >= 0.6 is 0 Å². The first-order valence-electron chi connectivity index (χ1n) is 6.78. The van der Waals surface area contributed by atoms with Gasteiger partial charge in [-0.25, -0.2) is 4.79 Å². The van der Waals surface area contributed by atoms with E-state index in [4.69, 9.17) is 5.11 Å². The molecule has 6 nitrogen and oxygen atoms in total. The predicted octanol–water partition coefficient (Wildman–Crippen LogP) is 0.950. The fraction of sp³-hybridized carbons (Fsp3) is 0.571. The lowest BCUT2D eigenvalue weighted by Gasteiger charge is -2.23. The summed E-state index contributed by atoms with van der Waals surface area (Å²) in [7, 11) is 0. The average Bonchev–Trinajstić information content (AvgIpc) is 2.73. The van der Waals surface area contributed by atoms with Gasteiger partial charge in [-0.15, -0.1) is 0 Å². The van der Waals surface area contributed by atoms with E-state index < -0.39 is 11.6 Å². The molecule has 110 valence electrons. The lowest BCUT2D eigenvalue weighted by molar-refractivity contribution is -0.131. The van der Waals surface area contributed by atoms with E-state index in [9.17, 15) is 14.7 Å². The zero-order chi connectivity index (χ0) is 14.8. The third kappa shape index (κ3) is 3.39. The number of nitrogens with zero attached hydrogens (tertiary/aromatic N) is 2. The lowest BCUT2D eigenvalue weighted by Crippen LogP contribution is -2.36. The van der Waals surface area contributed by atoms with E-state index in [-0.39, 0.29) is 18.1 Å². The molecule has 0 saturated carbocycles. The number of likely N-dealkylation sites (tertiary alicyclic amines) is 1. The highest BCUT2D eigenvalue weighted by Crippen LogP contribution is 2.21. The van der Waals surface area contributed by atoms with E-state index in [1.807, 2.05) is 0 Å². The van der Waals surface area contributed by atoms with Gasteiger partial charge in [0.05, 0.1) is 5.60 Å². The number of aromatic nitrogens is 1. The van der Waals surface area contributed by atoms with Crippen LogP contribution in [0.3, 0.4) is 0 Å². The molecule has 0 spiro atoms. The van der Waals surface area contributed by atoms with Crippen LogP contribution in [0.2, 0.25) is 0 Å². The van der Waals surface area contributed by atoms with Crippen molar-refractivity contribution < 1.29 is 19.8 Å². The van der Waals surface area contributed by atoms with E-state index in [1.54, 1.807) is 24.1 Å². The summed E-state index contributed by atoms with van der Waals surface area (Å²) < 4.78 is 1.44. The highest BCUT2D eigenvalue weighted by Gasteiger charge is 2.27. The molecule has 1 atom stereocenters. The number of amides is 1. The summed E-state index contributed by atoms with van der Waals surface area (Å²) >= 11 is 0. The van der Waals surface area contributed by atoms with Gasteiger partial charge in [-0.05, 0) is 38.3 Å². The van der Waals surface area contributed by atoms with Crippen molar-refractivity contribution in [3.8, 4) is 0 Å². The average molecular weight is 280 g/mol.